The van der Waals surface area contributed by atoms with E-state index in [0.29, 0.717) is 11.2 Å². The summed E-state index contributed by atoms with van der Waals surface area (Å²) in [5.41, 5.74) is 12.9. The second-order valence-electron chi connectivity index (χ2n) is 13.4. The van der Waals surface area contributed by atoms with Crippen LogP contribution in [0.3, 0.4) is 0 Å². The molecule has 5 heteroatoms. The van der Waals surface area contributed by atoms with Crippen LogP contribution < -0.4 is 5.49 Å². The zero-order chi connectivity index (χ0) is 34.3. The largest absolute Gasteiger partial charge is 0.337 e. The minimum atomic E-state index is 0.154. The Morgan fingerprint density at radius 3 is 2.10 bits per heavy atom. The third kappa shape index (κ3) is 4.14. The van der Waals surface area contributed by atoms with Crippen LogP contribution in [0.1, 0.15) is 5.56 Å². The van der Waals surface area contributed by atoms with Gasteiger partial charge < -0.3 is 9.55 Å². The molecule has 0 fully saturated rings. The molecule has 0 amide bonds. The van der Waals surface area contributed by atoms with Crippen LogP contribution in [0.15, 0.2) is 169 Å². The van der Waals surface area contributed by atoms with Gasteiger partial charge in [-0.25, -0.2) is 9.98 Å². The van der Waals surface area contributed by atoms with Gasteiger partial charge in [0.1, 0.15) is 5.69 Å². The van der Waals surface area contributed by atoms with Crippen LogP contribution in [0, 0.1) is 5.41 Å². The van der Waals surface area contributed by atoms with Crippen molar-refractivity contribution in [1.82, 2.24) is 14.5 Å². The molecule has 242 valence electrons. The Bertz CT molecular complexity index is 3200. The molecule has 2 aromatic heterocycles. The Morgan fingerprint density at radius 1 is 0.558 bits per heavy atom. The van der Waals surface area contributed by atoms with Crippen molar-refractivity contribution in [3.63, 3.8) is 0 Å². The number of rotatable bonds is 3. The quantitative estimate of drug-likeness (QED) is 0.143. The molecular formula is C47H29N5. The number of hydrogen-bond donors (Lipinski definition) is 2. The predicted octanol–water partition coefficient (Wildman–Crippen LogP) is 11.2. The molecule has 0 saturated carbocycles. The van der Waals surface area contributed by atoms with Gasteiger partial charge >= 0.3 is 0 Å². The lowest BCUT2D eigenvalue weighted by molar-refractivity contribution is 1.15. The van der Waals surface area contributed by atoms with Crippen molar-refractivity contribution in [3.8, 4) is 39.2 Å². The van der Waals surface area contributed by atoms with Crippen molar-refractivity contribution in [1.29, 1.82) is 5.41 Å². The summed E-state index contributed by atoms with van der Waals surface area (Å²) in [6.07, 6.45) is 0. The fraction of sp³-hybridized carbons (Fsp3) is 0. The van der Waals surface area contributed by atoms with Gasteiger partial charge in [0.25, 0.3) is 0 Å². The molecule has 52 heavy (non-hydrogen) atoms. The van der Waals surface area contributed by atoms with E-state index in [1.54, 1.807) is 0 Å². The fourth-order valence-corrected chi connectivity index (χ4v) is 8.29. The summed E-state index contributed by atoms with van der Waals surface area (Å²) < 4.78 is 2.40. The standard InChI is InChI=1S/C47H29N5/c48-46(51-47-45(29-12-2-1-3-13-29)49-37-21-8-9-22-38(37)50-47)31-26-30-14-4-5-16-32(30)41(27-31)52-39-23-11-20-36-34-18-7-6-17-33(34)35-19-10-15-28-24-25-40(52)44(42(28)35)43(36)39/h1-27H,(H2,48,50,51). The highest BCUT2D eigenvalue weighted by atomic mass is 15.0. The van der Waals surface area contributed by atoms with E-state index in [1.165, 1.54) is 43.8 Å². The second kappa shape index (κ2) is 10.9. The van der Waals surface area contributed by atoms with E-state index in [1.807, 2.05) is 54.6 Å². The van der Waals surface area contributed by atoms with E-state index in [4.69, 9.17) is 9.98 Å². The summed E-state index contributed by atoms with van der Waals surface area (Å²) in [5.74, 6) is 0.154. The monoisotopic (exact) mass is 663 g/mol. The number of nitrogens with zero attached hydrogens (tertiary/aromatic N) is 3. The molecule has 0 aliphatic heterocycles. The molecule has 0 atom stereocenters. The highest BCUT2D eigenvalue weighted by molar-refractivity contribution is 6.30. The molecule has 0 bridgehead atoms. The highest BCUT2D eigenvalue weighted by Crippen LogP contribution is 2.49. The molecule has 0 spiro atoms. The first-order valence-electron chi connectivity index (χ1n) is 17.5. The number of benzene rings is 8. The second-order valence-corrected chi connectivity index (χ2v) is 13.4. The lowest BCUT2D eigenvalue weighted by Gasteiger charge is -2.16. The zero-order valence-corrected chi connectivity index (χ0v) is 27.9. The van der Waals surface area contributed by atoms with E-state index in [2.05, 4.69) is 119 Å². The van der Waals surface area contributed by atoms with Gasteiger partial charge in [-0.1, -0.05) is 127 Å². The van der Waals surface area contributed by atoms with Crippen molar-refractivity contribution in [2.24, 2.45) is 4.99 Å². The first-order valence-corrected chi connectivity index (χ1v) is 17.5. The average Bonchev–Trinajstić information content (AvgIpc) is 3.48. The lowest BCUT2D eigenvalue weighted by Crippen LogP contribution is -2.17. The topological polar surface area (TPSA) is 69.8 Å². The number of aromatic nitrogens is 3. The number of H-pyrrole nitrogens is 1. The Labute approximate surface area is 298 Å². The summed E-state index contributed by atoms with van der Waals surface area (Å²) >= 11 is 0. The molecule has 2 N–H and O–H groups in total. The molecule has 1 aliphatic carbocycles. The number of amidine groups is 1. The Morgan fingerprint density at radius 2 is 1.23 bits per heavy atom. The third-order valence-electron chi connectivity index (χ3n) is 10.5. The Kier molecular flexibility index (Phi) is 6.04. The Hall–Kier alpha value is -7.11. The van der Waals surface area contributed by atoms with Crippen LogP contribution in [0.25, 0.3) is 93.6 Å². The number of fused-ring (bicyclic) bond motifs is 5. The SMILES string of the molecule is N=C(N=c1[nH]c2ccccc2nc1-c1ccccc1)c1cc(-n2c3cccc4c3c3c5c(cccc5ccc32)-c2ccccc2-4)c2ccccc2c1. The summed E-state index contributed by atoms with van der Waals surface area (Å²) in [7, 11) is 0. The number of nitrogens with one attached hydrogen (secondary N) is 2. The molecule has 0 saturated heterocycles. The van der Waals surface area contributed by atoms with Crippen LogP contribution in [0.4, 0.5) is 0 Å². The van der Waals surface area contributed by atoms with E-state index in [9.17, 15) is 5.41 Å². The van der Waals surface area contributed by atoms with E-state index in [0.717, 1.165) is 49.7 Å². The molecule has 8 aromatic carbocycles. The maximum atomic E-state index is 9.49. The fourth-order valence-electron chi connectivity index (χ4n) is 8.29. The van der Waals surface area contributed by atoms with Crippen molar-refractivity contribution < 1.29 is 0 Å². The first-order chi connectivity index (χ1) is 25.7. The predicted molar refractivity (Wildman–Crippen MR) is 214 cm³/mol. The van der Waals surface area contributed by atoms with Gasteiger partial charge in [-0.05, 0) is 74.8 Å². The van der Waals surface area contributed by atoms with E-state index >= 15 is 0 Å². The third-order valence-corrected chi connectivity index (χ3v) is 10.5. The molecule has 11 rings (SSSR count). The van der Waals surface area contributed by atoms with Gasteiger partial charge in [0.15, 0.2) is 11.3 Å². The van der Waals surface area contributed by atoms with Gasteiger partial charge in [-0.15, -0.1) is 0 Å². The summed E-state index contributed by atoms with van der Waals surface area (Å²) in [4.78, 5) is 13.5. The molecule has 10 aromatic rings. The van der Waals surface area contributed by atoms with Crippen molar-refractivity contribution >= 4 is 60.2 Å². The van der Waals surface area contributed by atoms with Gasteiger partial charge in [0.05, 0.1) is 27.8 Å². The summed E-state index contributed by atoms with van der Waals surface area (Å²) in [6, 6.07) is 57.3. The molecule has 0 radical (unpaired) electrons. The summed E-state index contributed by atoms with van der Waals surface area (Å²) in [5, 5.41) is 16.7. The minimum absolute atomic E-state index is 0.154. The average molecular weight is 664 g/mol. The molecule has 1 aliphatic rings. The van der Waals surface area contributed by atoms with E-state index in [-0.39, 0.29) is 5.84 Å². The molecule has 0 unspecified atom stereocenters. The number of aromatic amines is 1. The van der Waals surface area contributed by atoms with Crippen LogP contribution in [-0.4, -0.2) is 20.4 Å². The van der Waals surface area contributed by atoms with Crippen molar-refractivity contribution in [3.05, 3.63) is 175 Å². The van der Waals surface area contributed by atoms with Gasteiger partial charge in [0.2, 0.25) is 0 Å². The normalized spacial score (nSPS) is 12.4. The smallest absolute Gasteiger partial charge is 0.159 e. The van der Waals surface area contributed by atoms with Gasteiger partial charge in [-0.3, -0.25) is 5.41 Å². The maximum absolute atomic E-state index is 9.49. The maximum Gasteiger partial charge on any atom is 0.159 e. The number of hydrogen-bond acceptors (Lipinski definition) is 2. The molecule has 5 nitrogen and oxygen atoms in total. The minimum Gasteiger partial charge on any atom is -0.337 e. The van der Waals surface area contributed by atoms with Gasteiger partial charge in [0, 0.05) is 27.3 Å². The van der Waals surface area contributed by atoms with E-state index < -0.39 is 0 Å². The Balaban J connectivity index is 1.20. The lowest BCUT2D eigenvalue weighted by atomic mass is 9.93. The first kappa shape index (κ1) is 28.7. The van der Waals surface area contributed by atoms with Crippen LogP contribution in [0.5, 0.6) is 0 Å². The number of para-hydroxylation sites is 2. The van der Waals surface area contributed by atoms with Crippen molar-refractivity contribution in [2.75, 3.05) is 0 Å². The van der Waals surface area contributed by atoms with Crippen LogP contribution in [-0.2, 0) is 0 Å². The molecule has 2 heterocycles. The van der Waals surface area contributed by atoms with Gasteiger partial charge in [-0.2, -0.15) is 0 Å². The molecular weight excluding hydrogens is 635 g/mol. The van der Waals surface area contributed by atoms with Crippen molar-refractivity contribution in [2.45, 2.75) is 0 Å². The zero-order valence-electron chi connectivity index (χ0n) is 27.9. The van der Waals surface area contributed by atoms with Crippen LogP contribution >= 0.6 is 0 Å². The van der Waals surface area contributed by atoms with Crippen LogP contribution in [0.2, 0.25) is 0 Å². The highest BCUT2D eigenvalue weighted by Gasteiger charge is 2.25. The summed E-state index contributed by atoms with van der Waals surface area (Å²) in [6.45, 7) is 0.